The highest BCUT2D eigenvalue weighted by Gasteiger charge is 2.34. The van der Waals surface area contributed by atoms with E-state index < -0.39 is 0 Å². The van der Waals surface area contributed by atoms with E-state index in [0.29, 0.717) is 18.5 Å². The first-order valence-corrected chi connectivity index (χ1v) is 8.78. The van der Waals surface area contributed by atoms with E-state index >= 15 is 0 Å². The van der Waals surface area contributed by atoms with E-state index in [2.05, 4.69) is 5.32 Å². The third kappa shape index (κ3) is 4.34. The average molecular weight is 329 g/mol. The Kier molecular flexibility index (Phi) is 5.03. The number of amides is 2. The molecule has 1 saturated carbocycles. The summed E-state index contributed by atoms with van der Waals surface area (Å²) in [4.78, 5) is 15.6. The van der Waals surface area contributed by atoms with Gasteiger partial charge in [-0.25, -0.2) is 4.79 Å². The molecule has 2 aliphatic rings. The second-order valence-electron chi connectivity index (χ2n) is 5.80. The Labute approximate surface area is 134 Å². The van der Waals surface area contributed by atoms with Crippen molar-refractivity contribution in [1.29, 1.82) is 0 Å². The maximum Gasteiger partial charge on any atom is 0.317 e. The molecule has 3 rings (SSSR count). The minimum atomic E-state index is 0.0760. The summed E-state index contributed by atoms with van der Waals surface area (Å²) in [6.45, 7) is 3.13. The van der Waals surface area contributed by atoms with Gasteiger partial charge in [-0.3, -0.25) is 0 Å². The molecule has 116 valence electrons. The molecule has 0 aromatic carbocycles. The highest BCUT2D eigenvalue weighted by molar-refractivity contribution is 7.16. The van der Waals surface area contributed by atoms with Gasteiger partial charge in [0.2, 0.25) is 0 Å². The molecule has 1 aromatic rings. The van der Waals surface area contributed by atoms with Crippen molar-refractivity contribution in [3.63, 3.8) is 0 Å². The van der Waals surface area contributed by atoms with Crippen LogP contribution < -0.4 is 5.32 Å². The van der Waals surface area contributed by atoms with Gasteiger partial charge in [0.15, 0.2) is 0 Å². The van der Waals surface area contributed by atoms with Crippen molar-refractivity contribution in [2.45, 2.75) is 31.7 Å². The molecule has 2 fully saturated rings. The Balaban J connectivity index is 1.45. The number of urea groups is 1. The first-order valence-electron chi connectivity index (χ1n) is 7.59. The fraction of sp³-hybridized carbons (Fsp3) is 0.667. The van der Waals surface area contributed by atoms with Crippen molar-refractivity contribution in [2.75, 3.05) is 26.3 Å². The fourth-order valence-corrected chi connectivity index (χ4v) is 3.76. The van der Waals surface area contributed by atoms with Crippen LogP contribution >= 0.6 is 22.9 Å². The molecule has 1 unspecified atom stereocenters. The molecule has 2 heterocycles. The van der Waals surface area contributed by atoms with Crippen LogP contribution in [0.15, 0.2) is 12.1 Å². The number of hydrogen-bond acceptors (Lipinski definition) is 3. The summed E-state index contributed by atoms with van der Waals surface area (Å²) in [5.41, 5.74) is 0. The number of hydrogen-bond donors (Lipinski definition) is 1. The Bertz CT molecular complexity index is 484. The first kappa shape index (κ1) is 15.1. The minimum absolute atomic E-state index is 0.0760. The van der Waals surface area contributed by atoms with Gasteiger partial charge in [0.25, 0.3) is 0 Å². The molecular weight excluding hydrogens is 308 g/mol. The van der Waals surface area contributed by atoms with Gasteiger partial charge >= 0.3 is 6.03 Å². The van der Waals surface area contributed by atoms with Crippen LogP contribution in [0, 0.1) is 5.92 Å². The van der Waals surface area contributed by atoms with Gasteiger partial charge in [-0.2, -0.15) is 0 Å². The Morgan fingerprint density at radius 3 is 2.90 bits per heavy atom. The molecule has 0 spiro atoms. The van der Waals surface area contributed by atoms with Crippen molar-refractivity contribution >= 4 is 29.0 Å². The van der Waals surface area contributed by atoms with Gasteiger partial charge in [-0.05, 0) is 37.8 Å². The zero-order valence-electron chi connectivity index (χ0n) is 12.0. The molecule has 2 amide bonds. The lowest BCUT2D eigenvalue weighted by molar-refractivity contribution is 0.162. The number of carbonyl (C=O) groups is 1. The Hall–Kier alpha value is -0.780. The topological polar surface area (TPSA) is 41.6 Å². The molecule has 6 heteroatoms. The lowest BCUT2D eigenvalue weighted by Gasteiger charge is -2.25. The van der Waals surface area contributed by atoms with Crippen molar-refractivity contribution in [1.82, 2.24) is 10.2 Å². The lowest BCUT2D eigenvalue weighted by atomic mass is 10.1. The van der Waals surface area contributed by atoms with E-state index in [4.69, 9.17) is 16.3 Å². The molecule has 0 bridgehead atoms. The van der Waals surface area contributed by atoms with Gasteiger partial charge < -0.3 is 15.0 Å². The summed E-state index contributed by atoms with van der Waals surface area (Å²) in [5.74, 6) is 0.507. The van der Waals surface area contributed by atoms with E-state index in [1.165, 1.54) is 4.88 Å². The number of carbonyl (C=O) groups excluding carboxylic acids is 1. The van der Waals surface area contributed by atoms with Crippen molar-refractivity contribution in [3.05, 3.63) is 21.3 Å². The van der Waals surface area contributed by atoms with Gasteiger partial charge in [0.05, 0.1) is 10.9 Å². The third-order valence-electron chi connectivity index (χ3n) is 4.00. The Morgan fingerprint density at radius 1 is 1.43 bits per heavy atom. The molecule has 1 atom stereocenters. The van der Waals surface area contributed by atoms with E-state index in [9.17, 15) is 4.79 Å². The van der Waals surface area contributed by atoms with Crippen LogP contribution in [0.3, 0.4) is 0 Å². The standard InChI is InChI=1S/C15H21ClN2O2S/c16-14-4-3-13(21-14)5-7-17-15(19)18(12-1-2-12)9-11-6-8-20-10-11/h3-4,11-12H,1-2,5-10H2,(H,17,19). The zero-order chi connectivity index (χ0) is 14.7. The lowest BCUT2D eigenvalue weighted by Crippen LogP contribution is -2.44. The summed E-state index contributed by atoms with van der Waals surface area (Å²) >= 11 is 7.48. The van der Waals surface area contributed by atoms with Crippen molar-refractivity contribution in [2.24, 2.45) is 5.92 Å². The van der Waals surface area contributed by atoms with Crippen LogP contribution in [0.5, 0.6) is 0 Å². The van der Waals surface area contributed by atoms with Gasteiger partial charge in [-0.1, -0.05) is 11.6 Å². The normalized spacial score (nSPS) is 21.5. The van der Waals surface area contributed by atoms with Crippen LogP contribution in [-0.4, -0.2) is 43.3 Å². The molecular formula is C15H21ClN2O2S. The largest absolute Gasteiger partial charge is 0.381 e. The maximum atomic E-state index is 12.4. The molecule has 0 radical (unpaired) electrons. The van der Waals surface area contributed by atoms with Crippen molar-refractivity contribution in [3.8, 4) is 0 Å². The number of ether oxygens (including phenoxy) is 1. The van der Waals surface area contributed by atoms with Crippen LogP contribution in [0.1, 0.15) is 24.1 Å². The minimum Gasteiger partial charge on any atom is -0.381 e. The monoisotopic (exact) mass is 328 g/mol. The van der Waals surface area contributed by atoms with Gasteiger partial charge in [0.1, 0.15) is 0 Å². The smallest absolute Gasteiger partial charge is 0.317 e. The molecule has 1 saturated heterocycles. The Morgan fingerprint density at radius 2 is 2.29 bits per heavy atom. The predicted octanol–water partition coefficient (Wildman–Crippen LogP) is 3.15. The number of thiophene rings is 1. The van der Waals surface area contributed by atoms with Crippen LogP contribution in [0.4, 0.5) is 4.79 Å². The molecule has 1 N–H and O–H groups in total. The highest BCUT2D eigenvalue weighted by atomic mass is 35.5. The summed E-state index contributed by atoms with van der Waals surface area (Å²) in [6.07, 6.45) is 4.20. The average Bonchev–Trinajstić information content (AvgIpc) is 3.01. The second-order valence-corrected chi connectivity index (χ2v) is 7.60. The summed E-state index contributed by atoms with van der Waals surface area (Å²) < 4.78 is 6.21. The summed E-state index contributed by atoms with van der Waals surface area (Å²) in [6, 6.07) is 4.45. The highest BCUT2D eigenvalue weighted by Crippen LogP contribution is 2.29. The first-order chi connectivity index (χ1) is 10.2. The number of nitrogens with zero attached hydrogens (tertiary/aromatic N) is 1. The van der Waals surface area contributed by atoms with Crippen molar-refractivity contribution < 1.29 is 9.53 Å². The molecule has 1 aromatic heterocycles. The molecule has 1 aliphatic heterocycles. The van der Waals surface area contributed by atoms with E-state index in [-0.39, 0.29) is 6.03 Å². The number of halogens is 1. The predicted molar refractivity (Wildman–Crippen MR) is 85.1 cm³/mol. The zero-order valence-corrected chi connectivity index (χ0v) is 13.6. The van der Waals surface area contributed by atoms with Crippen LogP contribution in [-0.2, 0) is 11.2 Å². The number of nitrogens with one attached hydrogen (secondary N) is 1. The maximum absolute atomic E-state index is 12.4. The van der Waals surface area contributed by atoms with Crippen LogP contribution in [0.2, 0.25) is 4.34 Å². The second kappa shape index (κ2) is 6.99. The SMILES string of the molecule is O=C(NCCc1ccc(Cl)s1)N(CC1CCOC1)C1CC1. The van der Waals surface area contributed by atoms with E-state index in [1.807, 2.05) is 17.0 Å². The molecule has 1 aliphatic carbocycles. The van der Waals surface area contributed by atoms with Gasteiger partial charge in [-0.15, -0.1) is 11.3 Å². The van der Waals surface area contributed by atoms with Crippen LogP contribution in [0.25, 0.3) is 0 Å². The van der Waals surface area contributed by atoms with Gasteiger partial charge in [0, 0.05) is 36.5 Å². The van der Waals surface area contributed by atoms with E-state index in [0.717, 1.165) is 49.8 Å². The third-order valence-corrected chi connectivity index (χ3v) is 5.29. The summed E-state index contributed by atoms with van der Waals surface area (Å²) in [5, 5.41) is 3.05. The summed E-state index contributed by atoms with van der Waals surface area (Å²) in [7, 11) is 0. The molecule has 21 heavy (non-hydrogen) atoms. The molecule has 4 nitrogen and oxygen atoms in total. The van der Waals surface area contributed by atoms with E-state index in [1.54, 1.807) is 11.3 Å². The quantitative estimate of drug-likeness (QED) is 0.871. The fourth-order valence-electron chi connectivity index (χ4n) is 2.67. The number of rotatable bonds is 6.